The number of halogens is 1. The topological polar surface area (TPSA) is 28.4 Å². The van der Waals surface area contributed by atoms with E-state index in [2.05, 4.69) is 38.9 Å². The molecule has 3 rings (SSSR count). The summed E-state index contributed by atoms with van der Waals surface area (Å²) < 4.78 is 6.54. The van der Waals surface area contributed by atoms with E-state index in [0.717, 1.165) is 22.1 Å². The van der Waals surface area contributed by atoms with E-state index in [-0.39, 0.29) is 0 Å². The first-order valence-electron chi connectivity index (χ1n) is 6.04. The first kappa shape index (κ1) is 11.0. The Bertz CT molecular complexity index is 366. The van der Waals surface area contributed by atoms with Crippen LogP contribution in [0.3, 0.4) is 0 Å². The van der Waals surface area contributed by atoms with Gasteiger partial charge in [0, 0.05) is 18.6 Å². The quantitative estimate of drug-likeness (QED) is 0.861. The van der Waals surface area contributed by atoms with Crippen LogP contribution in [0.1, 0.15) is 25.0 Å². The Morgan fingerprint density at radius 3 is 3.12 bits per heavy atom. The van der Waals surface area contributed by atoms with Crippen molar-refractivity contribution in [3.05, 3.63) is 21.7 Å². The highest BCUT2D eigenvalue weighted by Crippen LogP contribution is 2.28. The molecule has 0 spiro atoms. The van der Waals surface area contributed by atoms with E-state index in [1.165, 1.54) is 32.4 Å². The van der Waals surface area contributed by atoms with Crippen LogP contribution in [0.4, 0.5) is 0 Å². The fourth-order valence-corrected chi connectivity index (χ4v) is 3.46. The number of furan rings is 1. The molecule has 2 aliphatic heterocycles. The van der Waals surface area contributed by atoms with Crippen LogP contribution in [-0.2, 0) is 6.54 Å². The highest BCUT2D eigenvalue weighted by atomic mass is 127. The molecular weight excluding hydrogens is 315 g/mol. The van der Waals surface area contributed by atoms with Crippen LogP contribution >= 0.6 is 22.6 Å². The molecule has 2 fully saturated rings. The number of fused-ring (bicyclic) bond motifs is 1. The predicted octanol–water partition coefficient (Wildman–Crippen LogP) is 2.21. The molecule has 2 atom stereocenters. The van der Waals surface area contributed by atoms with Gasteiger partial charge in [0.1, 0.15) is 5.76 Å². The van der Waals surface area contributed by atoms with Crippen LogP contribution in [-0.4, -0.2) is 30.1 Å². The van der Waals surface area contributed by atoms with Crippen LogP contribution in [0.15, 0.2) is 16.5 Å². The van der Waals surface area contributed by atoms with E-state index < -0.39 is 0 Å². The number of nitrogens with zero attached hydrogens (tertiary/aromatic N) is 1. The molecule has 1 N–H and O–H groups in total. The minimum Gasteiger partial charge on any atom is -0.454 e. The average Bonchev–Trinajstić information content (AvgIpc) is 2.91. The molecule has 2 saturated heterocycles. The molecule has 0 aromatic carbocycles. The molecule has 3 nitrogen and oxygen atoms in total. The minimum absolute atomic E-state index is 0.672. The zero-order valence-corrected chi connectivity index (χ0v) is 11.4. The first-order valence-corrected chi connectivity index (χ1v) is 7.12. The third kappa shape index (κ3) is 2.15. The van der Waals surface area contributed by atoms with Gasteiger partial charge in [0.25, 0.3) is 0 Å². The maximum absolute atomic E-state index is 5.57. The molecule has 4 heteroatoms. The Morgan fingerprint density at radius 1 is 1.38 bits per heavy atom. The van der Waals surface area contributed by atoms with E-state index in [1.807, 2.05) is 6.07 Å². The molecule has 3 heterocycles. The van der Waals surface area contributed by atoms with Crippen molar-refractivity contribution in [1.82, 2.24) is 10.2 Å². The van der Waals surface area contributed by atoms with E-state index in [0.29, 0.717) is 6.04 Å². The van der Waals surface area contributed by atoms with Crippen LogP contribution in [0.5, 0.6) is 0 Å². The van der Waals surface area contributed by atoms with Gasteiger partial charge in [-0.1, -0.05) is 0 Å². The van der Waals surface area contributed by atoms with Crippen LogP contribution in [0.25, 0.3) is 0 Å². The molecule has 1 aromatic heterocycles. The molecule has 0 radical (unpaired) electrons. The van der Waals surface area contributed by atoms with Crippen molar-refractivity contribution >= 4 is 22.6 Å². The summed E-state index contributed by atoms with van der Waals surface area (Å²) in [6, 6.07) is 5.55. The van der Waals surface area contributed by atoms with Crippen LogP contribution in [0.2, 0.25) is 0 Å². The zero-order valence-electron chi connectivity index (χ0n) is 9.29. The van der Waals surface area contributed by atoms with Crippen molar-refractivity contribution in [2.75, 3.05) is 13.1 Å². The van der Waals surface area contributed by atoms with Gasteiger partial charge >= 0.3 is 0 Å². The van der Waals surface area contributed by atoms with Gasteiger partial charge in [0.05, 0.1) is 6.54 Å². The molecule has 2 unspecified atom stereocenters. The largest absolute Gasteiger partial charge is 0.454 e. The third-order valence-corrected chi connectivity index (χ3v) is 4.35. The Labute approximate surface area is 110 Å². The smallest absolute Gasteiger partial charge is 0.164 e. The van der Waals surface area contributed by atoms with E-state index in [9.17, 15) is 0 Å². The summed E-state index contributed by atoms with van der Waals surface area (Å²) in [6.45, 7) is 3.46. The second kappa shape index (κ2) is 4.66. The molecule has 0 amide bonds. The number of hydrogen-bond acceptors (Lipinski definition) is 3. The molecule has 2 aliphatic rings. The van der Waals surface area contributed by atoms with Gasteiger partial charge in [-0.25, -0.2) is 0 Å². The number of nitrogens with one attached hydrogen (secondary N) is 1. The second-order valence-electron chi connectivity index (χ2n) is 4.73. The summed E-state index contributed by atoms with van der Waals surface area (Å²) in [4.78, 5) is 2.63. The lowest BCUT2D eigenvalue weighted by molar-refractivity contribution is 0.295. The number of hydrogen-bond donors (Lipinski definition) is 1. The second-order valence-corrected chi connectivity index (χ2v) is 5.79. The standard InChI is InChI=1S/C12H17IN2O/c13-12-4-3-9(16-12)8-14-10-5-7-15-6-1-2-11(10)15/h3-4,10-11,14H,1-2,5-8H2. The van der Waals surface area contributed by atoms with Gasteiger partial charge < -0.3 is 9.73 Å². The Morgan fingerprint density at radius 2 is 2.31 bits per heavy atom. The average molecular weight is 332 g/mol. The van der Waals surface area contributed by atoms with Gasteiger partial charge in [-0.2, -0.15) is 0 Å². The molecule has 88 valence electrons. The summed E-state index contributed by atoms with van der Waals surface area (Å²) in [5.41, 5.74) is 0. The maximum atomic E-state index is 5.57. The summed E-state index contributed by atoms with van der Waals surface area (Å²) in [6.07, 6.45) is 4.04. The van der Waals surface area contributed by atoms with Crippen molar-refractivity contribution in [2.24, 2.45) is 0 Å². The fraction of sp³-hybridized carbons (Fsp3) is 0.667. The van der Waals surface area contributed by atoms with Gasteiger partial charge in [-0.05, 0) is 60.5 Å². The lowest BCUT2D eigenvalue weighted by Gasteiger charge is -2.20. The van der Waals surface area contributed by atoms with Crippen molar-refractivity contribution in [3.8, 4) is 0 Å². The van der Waals surface area contributed by atoms with Crippen molar-refractivity contribution in [3.63, 3.8) is 0 Å². The predicted molar refractivity (Wildman–Crippen MR) is 71.3 cm³/mol. The summed E-state index contributed by atoms with van der Waals surface area (Å²) in [7, 11) is 0. The fourth-order valence-electron chi connectivity index (χ4n) is 3.00. The van der Waals surface area contributed by atoms with Gasteiger partial charge in [-0.3, -0.25) is 4.90 Å². The van der Waals surface area contributed by atoms with Gasteiger partial charge in [0.2, 0.25) is 0 Å². The lowest BCUT2D eigenvalue weighted by Crippen LogP contribution is -2.38. The SMILES string of the molecule is Ic1ccc(CNC2CCN3CCCC23)o1. The molecule has 16 heavy (non-hydrogen) atoms. The third-order valence-electron chi connectivity index (χ3n) is 3.77. The monoisotopic (exact) mass is 332 g/mol. The molecule has 0 aliphatic carbocycles. The van der Waals surface area contributed by atoms with Crippen molar-refractivity contribution in [2.45, 2.75) is 37.9 Å². The van der Waals surface area contributed by atoms with E-state index >= 15 is 0 Å². The highest BCUT2D eigenvalue weighted by Gasteiger charge is 2.36. The van der Waals surface area contributed by atoms with Crippen LogP contribution in [0, 0.1) is 3.77 Å². The molecular formula is C12H17IN2O. The Hall–Kier alpha value is -0.0700. The Kier molecular flexibility index (Phi) is 3.22. The molecule has 1 aromatic rings. The summed E-state index contributed by atoms with van der Waals surface area (Å²) in [5.74, 6) is 1.06. The Balaban J connectivity index is 1.55. The van der Waals surface area contributed by atoms with Crippen molar-refractivity contribution < 1.29 is 4.42 Å². The highest BCUT2D eigenvalue weighted by molar-refractivity contribution is 14.1. The van der Waals surface area contributed by atoms with E-state index in [1.54, 1.807) is 0 Å². The summed E-state index contributed by atoms with van der Waals surface area (Å²) >= 11 is 2.21. The first-order chi connectivity index (χ1) is 7.83. The summed E-state index contributed by atoms with van der Waals surface area (Å²) in [5, 5.41) is 3.64. The molecule has 0 bridgehead atoms. The van der Waals surface area contributed by atoms with Gasteiger partial charge in [-0.15, -0.1) is 0 Å². The minimum atomic E-state index is 0.672. The van der Waals surface area contributed by atoms with E-state index in [4.69, 9.17) is 4.42 Å². The zero-order chi connectivity index (χ0) is 11.0. The normalized spacial score (nSPS) is 29.8. The van der Waals surface area contributed by atoms with Crippen molar-refractivity contribution in [1.29, 1.82) is 0 Å². The van der Waals surface area contributed by atoms with Crippen LogP contribution < -0.4 is 5.32 Å². The lowest BCUT2D eigenvalue weighted by atomic mass is 10.1. The van der Waals surface area contributed by atoms with Gasteiger partial charge in [0.15, 0.2) is 3.77 Å². The number of rotatable bonds is 3. The molecule has 0 saturated carbocycles. The maximum Gasteiger partial charge on any atom is 0.164 e.